The number of aliphatic hydroxyl groups excluding tert-OH is 1. The lowest BCUT2D eigenvalue weighted by atomic mass is 10.3. The second-order valence-corrected chi connectivity index (χ2v) is 2.16. The van der Waals surface area contributed by atoms with Crippen molar-refractivity contribution in [3.05, 3.63) is 45.9 Å². The Balaban J connectivity index is 4.62. The Morgan fingerprint density at radius 2 is 2.08 bits per heavy atom. The Bertz CT molecular complexity index is 247. The summed E-state index contributed by atoms with van der Waals surface area (Å²) in [5.41, 5.74) is -0.0501. The van der Waals surface area contributed by atoms with Crippen molar-refractivity contribution >= 4 is 0 Å². The molecule has 0 amide bonds. The van der Waals surface area contributed by atoms with Crippen molar-refractivity contribution in [1.29, 1.82) is 0 Å². The molecule has 4 nitrogen and oxygen atoms in total. The molecule has 4 heteroatoms. The monoisotopic (exact) mass is 169 g/mol. The normalized spacial score (nSPS) is 13.8. The lowest BCUT2D eigenvalue weighted by Gasteiger charge is -1.88. The van der Waals surface area contributed by atoms with Crippen LogP contribution in [0.15, 0.2) is 35.8 Å². The molecule has 0 aromatic rings. The fourth-order valence-electron chi connectivity index (χ4n) is 0.554. The third-order valence-corrected chi connectivity index (χ3v) is 1.04. The zero-order valence-electron chi connectivity index (χ0n) is 7.02. The minimum Gasteiger partial charge on any atom is -0.513 e. The molecule has 0 heterocycles. The number of nitrogens with zero attached hydrogens (tertiary/aromatic N) is 1. The molecule has 0 bridgehead atoms. The average Bonchev–Trinajstić information content (AvgIpc) is 1.96. The van der Waals surface area contributed by atoms with E-state index in [-0.39, 0.29) is 11.5 Å². The van der Waals surface area contributed by atoms with Crippen LogP contribution in [0.3, 0.4) is 0 Å². The van der Waals surface area contributed by atoms with E-state index >= 15 is 0 Å². The summed E-state index contributed by atoms with van der Waals surface area (Å²) >= 11 is 0. The van der Waals surface area contributed by atoms with Crippen LogP contribution < -0.4 is 0 Å². The van der Waals surface area contributed by atoms with Crippen LogP contribution in [0.1, 0.15) is 13.8 Å². The summed E-state index contributed by atoms with van der Waals surface area (Å²) in [6.07, 6.45) is 5.45. The van der Waals surface area contributed by atoms with Crippen molar-refractivity contribution < 1.29 is 10.0 Å². The minimum atomic E-state index is -0.514. The van der Waals surface area contributed by atoms with Gasteiger partial charge in [0.2, 0.25) is 0 Å². The van der Waals surface area contributed by atoms with E-state index in [1.54, 1.807) is 13.0 Å². The highest BCUT2D eigenvalue weighted by Crippen LogP contribution is 1.99. The first-order valence-corrected chi connectivity index (χ1v) is 3.42. The summed E-state index contributed by atoms with van der Waals surface area (Å²) in [4.78, 5) is 9.76. The maximum Gasteiger partial charge on any atom is 0.269 e. The topological polar surface area (TPSA) is 63.4 Å². The van der Waals surface area contributed by atoms with Crippen LogP contribution in [0.25, 0.3) is 0 Å². The Labute approximate surface area is 70.7 Å². The summed E-state index contributed by atoms with van der Waals surface area (Å²) in [5, 5.41) is 19.0. The zero-order valence-corrected chi connectivity index (χ0v) is 7.02. The molecule has 0 fully saturated rings. The largest absolute Gasteiger partial charge is 0.513 e. The highest BCUT2D eigenvalue weighted by Gasteiger charge is 2.02. The van der Waals surface area contributed by atoms with E-state index < -0.39 is 4.92 Å². The van der Waals surface area contributed by atoms with E-state index in [1.165, 1.54) is 25.2 Å². The molecule has 0 aliphatic heterocycles. The lowest BCUT2D eigenvalue weighted by molar-refractivity contribution is -0.419. The molecule has 0 unspecified atom stereocenters. The maximum atomic E-state index is 10.3. The quantitative estimate of drug-likeness (QED) is 0.305. The number of hydrogen-bond acceptors (Lipinski definition) is 3. The summed E-state index contributed by atoms with van der Waals surface area (Å²) in [5.74, 6) is 0.0406. The number of allylic oxidation sites excluding steroid dienone is 5. The van der Waals surface area contributed by atoms with E-state index in [4.69, 9.17) is 5.11 Å². The smallest absolute Gasteiger partial charge is 0.269 e. The van der Waals surface area contributed by atoms with Crippen LogP contribution in [-0.2, 0) is 0 Å². The highest BCUT2D eigenvalue weighted by molar-refractivity contribution is 5.17. The van der Waals surface area contributed by atoms with E-state index in [2.05, 4.69) is 0 Å². The molecule has 66 valence electrons. The molecule has 0 atom stereocenters. The van der Waals surface area contributed by atoms with Crippen LogP contribution in [0, 0.1) is 10.1 Å². The predicted octanol–water partition coefficient (Wildman–Crippen LogP) is 2.18. The van der Waals surface area contributed by atoms with Crippen molar-refractivity contribution in [3.63, 3.8) is 0 Å². The molecule has 12 heavy (non-hydrogen) atoms. The Morgan fingerprint density at radius 1 is 1.50 bits per heavy atom. The zero-order chi connectivity index (χ0) is 9.56. The average molecular weight is 169 g/mol. The first-order valence-electron chi connectivity index (χ1n) is 3.42. The summed E-state index contributed by atoms with van der Waals surface area (Å²) in [6.45, 7) is 3.14. The minimum absolute atomic E-state index is 0.0406. The van der Waals surface area contributed by atoms with Gasteiger partial charge in [-0.2, -0.15) is 0 Å². The molecule has 1 N–H and O–H groups in total. The molecule has 0 radical (unpaired) electrons. The number of hydrogen-bond donors (Lipinski definition) is 1. The van der Waals surface area contributed by atoms with Crippen molar-refractivity contribution in [2.24, 2.45) is 0 Å². The van der Waals surface area contributed by atoms with E-state index in [9.17, 15) is 10.1 Å². The van der Waals surface area contributed by atoms with Crippen molar-refractivity contribution in [2.75, 3.05) is 0 Å². The lowest BCUT2D eigenvalue weighted by Crippen LogP contribution is -1.94. The van der Waals surface area contributed by atoms with E-state index in [0.29, 0.717) is 0 Å². The van der Waals surface area contributed by atoms with Gasteiger partial charge < -0.3 is 5.11 Å². The van der Waals surface area contributed by atoms with Gasteiger partial charge in [0.05, 0.1) is 10.7 Å². The second-order valence-electron chi connectivity index (χ2n) is 2.16. The number of rotatable bonds is 3. The predicted molar refractivity (Wildman–Crippen MR) is 46.3 cm³/mol. The molecule has 0 spiro atoms. The summed E-state index contributed by atoms with van der Waals surface area (Å²) in [7, 11) is 0. The van der Waals surface area contributed by atoms with Crippen molar-refractivity contribution in [2.45, 2.75) is 13.8 Å². The van der Waals surface area contributed by atoms with Crippen LogP contribution in [0.5, 0.6) is 0 Å². The standard InChI is InChI=1S/C8H11NO3/c1-3-4-8(9(11)12)6-5-7(2)10/h3-6,10H,1-2H3/b4-3-,7-5+,8-6+. The van der Waals surface area contributed by atoms with Gasteiger partial charge >= 0.3 is 0 Å². The molecular weight excluding hydrogens is 158 g/mol. The van der Waals surface area contributed by atoms with Crippen LogP contribution in [0.4, 0.5) is 0 Å². The number of nitro groups is 1. The van der Waals surface area contributed by atoms with Gasteiger partial charge in [0.1, 0.15) is 0 Å². The molecule has 0 aromatic heterocycles. The van der Waals surface area contributed by atoms with E-state index in [0.717, 1.165) is 0 Å². The fourth-order valence-corrected chi connectivity index (χ4v) is 0.554. The molecule has 0 aliphatic carbocycles. The molecule has 0 rings (SSSR count). The van der Waals surface area contributed by atoms with Gasteiger partial charge in [0.15, 0.2) is 0 Å². The molecule has 0 aliphatic rings. The van der Waals surface area contributed by atoms with Crippen LogP contribution in [0.2, 0.25) is 0 Å². The van der Waals surface area contributed by atoms with Gasteiger partial charge in [0.25, 0.3) is 5.70 Å². The van der Waals surface area contributed by atoms with Gasteiger partial charge in [-0.3, -0.25) is 10.1 Å². The second kappa shape index (κ2) is 5.12. The highest BCUT2D eigenvalue weighted by atomic mass is 16.6. The van der Waals surface area contributed by atoms with Gasteiger partial charge in [-0.1, -0.05) is 6.08 Å². The fraction of sp³-hybridized carbons (Fsp3) is 0.250. The van der Waals surface area contributed by atoms with Gasteiger partial charge in [-0.15, -0.1) is 0 Å². The van der Waals surface area contributed by atoms with Gasteiger partial charge in [0, 0.05) is 12.2 Å². The summed E-state index contributed by atoms with van der Waals surface area (Å²) < 4.78 is 0. The third kappa shape index (κ3) is 4.27. The molecule has 0 aromatic carbocycles. The molecule has 0 saturated carbocycles. The first kappa shape index (κ1) is 10.4. The number of aliphatic hydroxyl groups is 1. The first-order chi connectivity index (χ1) is 5.57. The Hall–Kier alpha value is -1.58. The molecule has 0 saturated heterocycles. The Morgan fingerprint density at radius 3 is 2.42 bits per heavy atom. The van der Waals surface area contributed by atoms with Crippen molar-refractivity contribution in [1.82, 2.24) is 0 Å². The van der Waals surface area contributed by atoms with E-state index in [1.807, 2.05) is 0 Å². The molecular formula is C8H11NO3. The van der Waals surface area contributed by atoms with Gasteiger partial charge in [-0.25, -0.2) is 0 Å². The van der Waals surface area contributed by atoms with Crippen LogP contribution >= 0.6 is 0 Å². The van der Waals surface area contributed by atoms with Crippen molar-refractivity contribution in [3.8, 4) is 0 Å². The Kier molecular flexibility index (Phi) is 4.45. The SMILES string of the molecule is C\C=C/C(=C\C=C(/C)O)[N+](=O)[O-]. The maximum absolute atomic E-state index is 10.3. The summed E-state index contributed by atoms with van der Waals surface area (Å²) in [6, 6.07) is 0. The van der Waals surface area contributed by atoms with Gasteiger partial charge in [-0.05, 0) is 19.9 Å². The third-order valence-electron chi connectivity index (χ3n) is 1.04. The van der Waals surface area contributed by atoms with Crippen LogP contribution in [-0.4, -0.2) is 10.0 Å².